The second-order valence-corrected chi connectivity index (χ2v) is 9.09. The number of benzene rings is 3. The van der Waals surface area contributed by atoms with Gasteiger partial charge in [-0.15, -0.1) is 0 Å². The molecule has 37 heavy (non-hydrogen) atoms. The van der Waals surface area contributed by atoms with E-state index in [1.807, 2.05) is 60.7 Å². The van der Waals surface area contributed by atoms with E-state index in [4.69, 9.17) is 4.74 Å². The van der Waals surface area contributed by atoms with Gasteiger partial charge in [0.2, 0.25) is 0 Å². The Bertz CT molecular complexity index is 1240. The Morgan fingerprint density at radius 3 is 2.27 bits per heavy atom. The summed E-state index contributed by atoms with van der Waals surface area (Å²) in [7, 11) is 0. The van der Waals surface area contributed by atoms with Gasteiger partial charge in [-0.1, -0.05) is 86.6 Å². The summed E-state index contributed by atoms with van der Waals surface area (Å²) < 4.78 is 6.03. The van der Waals surface area contributed by atoms with Crippen LogP contribution in [0.15, 0.2) is 90.5 Å². The zero-order chi connectivity index (χ0) is 26.2. The van der Waals surface area contributed by atoms with Crippen molar-refractivity contribution in [1.82, 2.24) is 9.80 Å². The van der Waals surface area contributed by atoms with E-state index in [2.05, 4.69) is 18.7 Å². The number of nitrogens with zero attached hydrogens (tertiary/aromatic N) is 2. The summed E-state index contributed by atoms with van der Waals surface area (Å²) in [6.07, 6.45) is 0.723. The lowest BCUT2D eigenvalue weighted by molar-refractivity contribution is -0.140. The zero-order valence-corrected chi connectivity index (χ0v) is 21.5. The zero-order valence-electron chi connectivity index (χ0n) is 21.5. The standard InChI is InChI=1S/C31H34N2O4/c1-3-32(4-2)19-12-20-33-28(27(30(35)31(33)36)29(34)24-15-9-6-10-16-24)25-17-11-18-26(21-25)37-22-23-13-7-5-8-14-23/h5-11,13-18,21,28,34H,3-4,12,19-20,22H2,1-2H3/b29-27+. The second kappa shape index (κ2) is 12.4. The number of hydrogen-bond acceptors (Lipinski definition) is 5. The van der Waals surface area contributed by atoms with E-state index in [1.165, 1.54) is 0 Å². The van der Waals surface area contributed by atoms with Crippen LogP contribution in [0.3, 0.4) is 0 Å². The summed E-state index contributed by atoms with van der Waals surface area (Å²) in [5.74, 6) is -0.775. The smallest absolute Gasteiger partial charge is 0.295 e. The molecule has 1 fully saturated rings. The number of carbonyl (C=O) groups is 2. The molecule has 1 heterocycles. The average Bonchev–Trinajstić information content (AvgIpc) is 3.20. The monoisotopic (exact) mass is 498 g/mol. The fraction of sp³-hybridized carbons (Fsp3) is 0.290. The Balaban J connectivity index is 1.68. The van der Waals surface area contributed by atoms with Crippen LogP contribution >= 0.6 is 0 Å². The van der Waals surface area contributed by atoms with Crippen LogP contribution in [0.4, 0.5) is 0 Å². The maximum Gasteiger partial charge on any atom is 0.295 e. The molecule has 6 nitrogen and oxygen atoms in total. The predicted octanol–water partition coefficient (Wildman–Crippen LogP) is 5.42. The molecule has 3 aromatic carbocycles. The number of ether oxygens (including phenoxy) is 1. The molecule has 1 aliphatic rings. The van der Waals surface area contributed by atoms with E-state index < -0.39 is 17.7 Å². The van der Waals surface area contributed by atoms with E-state index in [-0.39, 0.29) is 11.3 Å². The van der Waals surface area contributed by atoms with E-state index in [0.717, 1.165) is 37.2 Å². The molecule has 1 amide bonds. The number of rotatable bonds is 11. The van der Waals surface area contributed by atoms with Crippen LogP contribution < -0.4 is 4.74 Å². The third kappa shape index (κ3) is 6.09. The predicted molar refractivity (Wildman–Crippen MR) is 145 cm³/mol. The molecule has 3 aromatic rings. The number of hydrogen-bond donors (Lipinski definition) is 1. The Labute approximate surface area is 218 Å². The molecule has 1 atom stereocenters. The summed E-state index contributed by atoms with van der Waals surface area (Å²) in [6.45, 7) is 7.69. The lowest BCUT2D eigenvalue weighted by Gasteiger charge is -2.27. The van der Waals surface area contributed by atoms with Crippen molar-refractivity contribution in [3.05, 3.63) is 107 Å². The first-order chi connectivity index (χ1) is 18.0. The molecule has 1 unspecified atom stereocenters. The maximum absolute atomic E-state index is 13.3. The van der Waals surface area contributed by atoms with Crippen LogP contribution in [-0.2, 0) is 16.2 Å². The molecular formula is C31H34N2O4. The summed E-state index contributed by atoms with van der Waals surface area (Å²) >= 11 is 0. The number of aliphatic hydroxyl groups excluding tert-OH is 1. The highest BCUT2D eigenvalue weighted by molar-refractivity contribution is 6.46. The van der Waals surface area contributed by atoms with Gasteiger partial charge in [-0.3, -0.25) is 9.59 Å². The normalized spacial score (nSPS) is 16.9. The van der Waals surface area contributed by atoms with Gasteiger partial charge in [-0.05, 0) is 49.3 Å². The van der Waals surface area contributed by atoms with E-state index >= 15 is 0 Å². The summed E-state index contributed by atoms with van der Waals surface area (Å²) in [5, 5.41) is 11.2. The van der Waals surface area contributed by atoms with Crippen LogP contribution in [-0.4, -0.2) is 52.8 Å². The topological polar surface area (TPSA) is 70.1 Å². The first-order valence-electron chi connectivity index (χ1n) is 12.9. The summed E-state index contributed by atoms with van der Waals surface area (Å²) in [5.41, 5.74) is 2.38. The lowest BCUT2D eigenvalue weighted by atomic mass is 9.95. The molecule has 1 saturated heterocycles. The minimum absolute atomic E-state index is 0.110. The molecule has 6 heteroatoms. The first kappa shape index (κ1) is 26.2. The number of ketones is 1. The third-order valence-corrected chi connectivity index (χ3v) is 6.78. The molecule has 1 N–H and O–H groups in total. The number of carbonyl (C=O) groups excluding carboxylic acids is 2. The van der Waals surface area contributed by atoms with E-state index in [9.17, 15) is 14.7 Å². The van der Waals surface area contributed by atoms with E-state index in [1.54, 1.807) is 29.2 Å². The SMILES string of the molecule is CCN(CC)CCCN1C(=O)C(=O)/C(=C(/O)c2ccccc2)C1c1cccc(OCc2ccccc2)c1. The molecule has 0 aromatic heterocycles. The van der Waals surface area contributed by atoms with Gasteiger partial charge < -0.3 is 19.6 Å². The Morgan fingerprint density at radius 1 is 0.919 bits per heavy atom. The molecule has 0 bridgehead atoms. The van der Waals surface area contributed by atoms with Crippen molar-refractivity contribution in [1.29, 1.82) is 0 Å². The summed E-state index contributed by atoms with van der Waals surface area (Å²) in [6, 6.07) is 25.5. The Hall–Kier alpha value is -3.90. The van der Waals surface area contributed by atoms with Crippen LogP contribution in [0.2, 0.25) is 0 Å². The van der Waals surface area contributed by atoms with Crippen LogP contribution in [0.1, 0.15) is 43.0 Å². The minimum Gasteiger partial charge on any atom is -0.507 e. The lowest BCUT2D eigenvalue weighted by Crippen LogP contribution is -2.33. The average molecular weight is 499 g/mol. The second-order valence-electron chi connectivity index (χ2n) is 9.09. The van der Waals surface area contributed by atoms with Gasteiger partial charge in [-0.2, -0.15) is 0 Å². The largest absolute Gasteiger partial charge is 0.507 e. The van der Waals surface area contributed by atoms with Crippen molar-refractivity contribution in [2.24, 2.45) is 0 Å². The number of aliphatic hydroxyl groups is 1. The highest BCUT2D eigenvalue weighted by Gasteiger charge is 2.45. The van der Waals surface area contributed by atoms with Gasteiger partial charge in [0, 0.05) is 12.1 Å². The summed E-state index contributed by atoms with van der Waals surface area (Å²) in [4.78, 5) is 30.4. The molecule has 1 aliphatic heterocycles. The number of likely N-dealkylation sites (tertiary alicyclic amines) is 1. The van der Waals surface area contributed by atoms with Crippen molar-refractivity contribution in [2.45, 2.75) is 32.9 Å². The van der Waals surface area contributed by atoms with Crippen LogP contribution in [0.5, 0.6) is 5.75 Å². The molecule has 0 aliphatic carbocycles. The van der Waals surface area contributed by atoms with Gasteiger partial charge in [0.05, 0.1) is 11.6 Å². The number of amides is 1. The molecule has 4 rings (SSSR count). The van der Waals surface area contributed by atoms with Gasteiger partial charge in [-0.25, -0.2) is 0 Å². The molecular weight excluding hydrogens is 464 g/mol. The Morgan fingerprint density at radius 2 is 1.59 bits per heavy atom. The van der Waals surface area contributed by atoms with E-state index in [0.29, 0.717) is 24.5 Å². The van der Waals surface area contributed by atoms with Crippen molar-refractivity contribution in [2.75, 3.05) is 26.2 Å². The van der Waals surface area contributed by atoms with Gasteiger partial charge in [0.1, 0.15) is 18.1 Å². The van der Waals surface area contributed by atoms with Crippen molar-refractivity contribution in [3.8, 4) is 5.75 Å². The highest BCUT2D eigenvalue weighted by Crippen LogP contribution is 2.40. The highest BCUT2D eigenvalue weighted by atomic mass is 16.5. The fourth-order valence-corrected chi connectivity index (χ4v) is 4.73. The Kier molecular flexibility index (Phi) is 8.75. The molecule has 0 spiro atoms. The number of Topliss-reactive ketones (excluding diaryl/α,β-unsaturated/α-hetero) is 1. The first-order valence-corrected chi connectivity index (χ1v) is 12.9. The van der Waals surface area contributed by atoms with Gasteiger partial charge in [0.25, 0.3) is 11.7 Å². The minimum atomic E-state index is -0.697. The molecule has 0 radical (unpaired) electrons. The van der Waals surface area contributed by atoms with Gasteiger partial charge >= 0.3 is 0 Å². The molecule has 192 valence electrons. The molecule has 0 saturated carbocycles. The van der Waals surface area contributed by atoms with Gasteiger partial charge in [0.15, 0.2) is 0 Å². The quantitative estimate of drug-likeness (QED) is 0.217. The van der Waals surface area contributed by atoms with Crippen molar-refractivity contribution in [3.63, 3.8) is 0 Å². The van der Waals surface area contributed by atoms with Crippen molar-refractivity contribution < 1.29 is 19.4 Å². The van der Waals surface area contributed by atoms with Crippen molar-refractivity contribution >= 4 is 17.4 Å². The maximum atomic E-state index is 13.3. The van der Waals surface area contributed by atoms with Crippen LogP contribution in [0, 0.1) is 0 Å². The third-order valence-electron chi connectivity index (χ3n) is 6.78. The fourth-order valence-electron chi connectivity index (χ4n) is 4.73. The van der Waals surface area contributed by atoms with Crippen LogP contribution in [0.25, 0.3) is 5.76 Å².